The number of nitrogens with one attached hydrogen (secondary N) is 2. The Bertz CT molecular complexity index is 624. The Kier molecular flexibility index (Phi) is 4.08. The molecule has 0 aliphatic carbocycles. The maximum Gasteiger partial charge on any atom is 0.241 e. The lowest BCUT2D eigenvalue weighted by molar-refractivity contribution is -0.109. The Morgan fingerprint density at radius 2 is 2.05 bits per heavy atom. The summed E-state index contributed by atoms with van der Waals surface area (Å²) >= 11 is 0. The molecule has 0 fully saturated rings. The minimum atomic E-state index is -3.69. The zero-order valence-corrected chi connectivity index (χ0v) is 10.8. The summed E-state index contributed by atoms with van der Waals surface area (Å²) in [4.78, 5) is 17.7. The van der Waals surface area contributed by atoms with Crippen molar-refractivity contribution in [3.63, 3.8) is 0 Å². The summed E-state index contributed by atoms with van der Waals surface area (Å²) < 4.78 is 26.4. The smallest absolute Gasteiger partial charge is 0.241 e. The van der Waals surface area contributed by atoms with Crippen molar-refractivity contribution >= 4 is 16.3 Å². The number of carbonyl (C=O) groups excluding carboxylic acids is 1. The maximum atomic E-state index is 12.0. The molecule has 1 aromatic carbocycles. The van der Waals surface area contributed by atoms with Crippen molar-refractivity contribution in [2.45, 2.75) is 17.4 Å². The third-order valence-electron chi connectivity index (χ3n) is 2.52. The summed E-state index contributed by atoms with van der Waals surface area (Å²) in [5.41, 5.74) is 0.688. The normalized spacial score (nSPS) is 13.1. The van der Waals surface area contributed by atoms with E-state index in [0.717, 1.165) is 0 Å². The van der Waals surface area contributed by atoms with E-state index < -0.39 is 16.1 Å². The van der Waals surface area contributed by atoms with Crippen molar-refractivity contribution in [3.05, 3.63) is 48.5 Å². The summed E-state index contributed by atoms with van der Waals surface area (Å²) in [5, 5.41) is 0. The van der Waals surface area contributed by atoms with E-state index in [2.05, 4.69) is 14.7 Å². The number of aromatic amines is 1. The lowest BCUT2D eigenvalue weighted by Crippen LogP contribution is -2.37. The molecule has 2 N–H and O–H groups in total. The van der Waals surface area contributed by atoms with Gasteiger partial charge in [0, 0.05) is 18.3 Å². The fourth-order valence-electron chi connectivity index (χ4n) is 1.62. The molecule has 19 heavy (non-hydrogen) atoms. The highest BCUT2D eigenvalue weighted by atomic mass is 32.2. The highest BCUT2D eigenvalue weighted by Crippen LogP contribution is 2.08. The Morgan fingerprint density at radius 3 is 2.63 bits per heavy atom. The monoisotopic (exact) mass is 279 g/mol. The molecule has 100 valence electrons. The topological polar surface area (TPSA) is 91.9 Å². The number of hydrogen-bond acceptors (Lipinski definition) is 4. The van der Waals surface area contributed by atoms with Gasteiger partial charge in [-0.05, 0) is 12.1 Å². The van der Waals surface area contributed by atoms with Crippen molar-refractivity contribution in [3.8, 4) is 0 Å². The van der Waals surface area contributed by atoms with E-state index in [1.807, 2.05) is 0 Å². The molecule has 0 aliphatic heterocycles. The van der Waals surface area contributed by atoms with Crippen LogP contribution in [0.4, 0.5) is 0 Å². The predicted octanol–water partition coefficient (Wildman–Crippen LogP) is 0.498. The molecular formula is C12H13N3O3S. The fourth-order valence-corrected chi connectivity index (χ4v) is 2.81. The third kappa shape index (κ3) is 3.49. The minimum absolute atomic E-state index is 0.131. The molecule has 1 aromatic heterocycles. The van der Waals surface area contributed by atoms with Crippen LogP contribution in [0, 0.1) is 0 Å². The average Bonchev–Trinajstić information content (AvgIpc) is 2.91. The van der Waals surface area contributed by atoms with Crippen molar-refractivity contribution in [2.75, 3.05) is 0 Å². The Hall–Kier alpha value is -1.99. The van der Waals surface area contributed by atoms with Gasteiger partial charge in [0.2, 0.25) is 10.0 Å². The Morgan fingerprint density at radius 1 is 1.32 bits per heavy atom. The van der Waals surface area contributed by atoms with Gasteiger partial charge >= 0.3 is 0 Å². The molecule has 0 spiro atoms. The second-order valence-corrected chi connectivity index (χ2v) is 5.67. The number of hydrogen-bond donors (Lipinski definition) is 2. The van der Waals surface area contributed by atoms with Gasteiger partial charge in [0.1, 0.15) is 6.29 Å². The zero-order valence-electron chi connectivity index (χ0n) is 9.98. The van der Waals surface area contributed by atoms with E-state index in [9.17, 15) is 13.2 Å². The van der Waals surface area contributed by atoms with E-state index in [4.69, 9.17) is 0 Å². The molecule has 6 nitrogen and oxygen atoms in total. The highest BCUT2D eigenvalue weighted by molar-refractivity contribution is 7.89. The average molecular weight is 279 g/mol. The van der Waals surface area contributed by atoms with Gasteiger partial charge in [-0.2, -0.15) is 0 Å². The number of benzene rings is 1. The predicted molar refractivity (Wildman–Crippen MR) is 68.9 cm³/mol. The van der Waals surface area contributed by atoms with Gasteiger partial charge in [-0.25, -0.2) is 18.1 Å². The number of imidazole rings is 1. The molecule has 0 amide bonds. The van der Waals surface area contributed by atoms with Gasteiger partial charge in [-0.3, -0.25) is 0 Å². The molecule has 0 bridgehead atoms. The standard InChI is InChI=1S/C12H13N3O3S/c16-8-11(6-10-7-13-9-14-10)15-19(17,18)12-4-2-1-3-5-12/h1-5,7-9,11,15H,6H2,(H,13,14)/t11-/m0/s1. The number of rotatable bonds is 6. The molecule has 2 rings (SSSR count). The number of aromatic nitrogens is 2. The van der Waals surface area contributed by atoms with Crippen LogP contribution in [0.2, 0.25) is 0 Å². The molecule has 0 aliphatic rings. The van der Waals surface area contributed by atoms with Crippen molar-refractivity contribution < 1.29 is 13.2 Å². The summed E-state index contributed by atoms with van der Waals surface area (Å²) in [5.74, 6) is 0. The van der Waals surface area contributed by atoms with Crippen LogP contribution in [0.1, 0.15) is 5.69 Å². The van der Waals surface area contributed by atoms with E-state index >= 15 is 0 Å². The van der Waals surface area contributed by atoms with Crippen molar-refractivity contribution in [1.29, 1.82) is 0 Å². The quantitative estimate of drug-likeness (QED) is 0.753. The van der Waals surface area contributed by atoms with Gasteiger partial charge < -0.3 is 9.78 Å². The molecule has 1 atom stereocenters. The number of sulfonamides is 1. The van der Waals surface area contributed by atoms with Crippen LogP contribution in [-0.2, 0) is 21.2 Å². The lowest BCUT2D eigenvalue weighted by atomic mass is 10.2. The number of carbonyl (C=O) groups is 1. The summed E-state index contributed by atoms with van der Waals surface area (Å²) in [6.07, 6.45) is 3.83. The fraction of sp³-hybridized carbons (Fsp3) is 0.167. The number of H-pyrrole nitrogens is 1. The van der Waals surface area contributed by atoms with Gasteiger partial charge in [0.25, 0.3) is 0 Å². The molecule has 1 heterocycles. The first kappa shape index (κ1) is 13.4. The lowest BCUT2D eigenvalue weighted by Gasteiger charge is -2.12. The van der Waals surface area contributed by atoms with Gasteiger partial charge in [0.15, 0.2) is 0 Å². The third-order valence-corrected chi connectivity index (χ3v) is 4.02. The summed E-state index contributed by atoms with van der Waals surface area (Å²) in [7, 11) is -3.69. The van der Waals surface area contributed by atoms with Crippen LogP contribution >= 0.6 is 0 Å². The van der Waals surface area contributed by atoms with Gasteiger partial charge in [-0.15, -0.1) is 0 Å². The van der Waals surface area contributed by atoms with Crippen LogP contribution in [-0.4, -0.2) is 30.7 Å². The maximum absolute atomic E-state index is 12.0. The zero-order chi connectivity index (χ0) is 13.7. The Balaban J connectivity index is 2.12. The molecular weight excluding hydrogens is 266 g/mol. The van der Waals surface area contributed by atoms with E-state index in [0.29, 0.717) is 12.0 Å². The van der Waals surface area contributed by atoms with Crippen LogP contribution < -0.4 is 4.72 Å². The van der Waals surface area contributed by atoms with E-state index in [1.165, 1.54) is 18.5 Å². The van der Waals surface area contributed by atoms with Gasteiger partial charge in [-0.1, -0.05) is 18.2 Å². The second kappa shape index (κ2) is 5.77. The first-order chi connectivity index (χ1) is 9.12. The highest BCUT2D eigenvalue weighted by Gasteiger charge is 2.19. The Labute approximate surface area is 110 Å². The van der Waals surface area contributed by atoms with Crippen molar-refractivity contribution in [1.82, 2.24) is 14.7 Å². The molecule has 0 unspecified atom stereocenters. The van der Waals surface area contributed by atoms with Crippen molar-refractivity contribution in [2.24, 2.45) is 0 Å². The number of nitrogens with zero attached hydrogens (tertiary/aromatic N) is 1. The SMILES string of the molecule is O=C[C@H](Cc1cnc[nH]1)NS(=O)(=O)c1ccccc1. The van der Waals surface area contributed by atoms with Gasteiger partial charge in [0.05, 0.1) is 17.3 Å². The molecule has 0 saturated carbocycles. The van der Waals surface area contributed by atoms with Crippen LogP contribution in [0.5, 0.6) is 0 Å². The molecule has 0 radical (unpaired) electrons. The molecule has 2 aromatic rings. The number of aldehydes is 1. The van der Waals surface area contributed by atoms with Crippen LogP contribution in [0.15, 0.2) is 47.8 Å². The van der Waals surface area contributed by atoms with Crippen LogP contribution in [0.25, 0.3) is 0 Å². The van der Waals surface area contributed by atoms with E-state index in [1.54, 1.807) is 24.4 Å². The second-order valence-electron chi connectivity index (χ2n) is 3.96. The molecule has 7 heteroatoms. The summed E-state index contributed by atoms with van der Waals surface area (Å²) in [6, 6.07) is 7.09. The largest absolute Gasteiger partial charge is 0.348 e. The first-order valence-electron chi connectivity index (χ1n) is 5.62. The van der Waals surface area contributed by atoms with Crippen LogP contribution in [0.3, 0.4) is 0 Å². The molecule has 0 saturated heterocycles. The van der Waals surface area contributed by atoms with E-state index in [-0.39, 0.29) is 11.3 Å². The first-order valence-corrected chi connectivity index (χ1v) is 7.10. The minimum Gasteiger partial charge on any atom is -0.348 e. The summed E-state index contributed by atoms with van der Waals surface area (Å²) in [6.45, 7) is 0.